The van der Waals surface area contributed by atoms with Gasteiger partial charge in [0.25, 0.3) is 0 Å². The Hall–Kier alpha value is -1.37. The molecule has 0 aromatic heterocycles. The molecule has 6 nitrogen and oxygen atoms in total. The maximum absolute atomic E-state index is 11.5. The molecular formula is C11H14O6. The Labute approximate surface area is 97.8 Å². The molecule has 0 saturated heterocycles. The van der Waals surface area contributed by atoms with E-state index in [-0.39, 0.29) is 12.2 Å². The molecule has 1 aliphatic carbocycles. The Morgan fingerprint density at radius 2 is 2.18 bits per heavy atom. The molecule has 17 heavy (non-hydrogen) atoms. The van der Waals surface area contributed by atoms with Crippen LogP contribution in [-0.2, 0) is 14.3 Å². The van der Waals surface area contributed by atoms with Crippen LogP contribution in [0.5, 0.6) is 0 Å². The summed E-state index contributed by atoms with van der Waals surface area (Å²) in [7, 11) is 1.23. The van der Waals surface area contributed by atoms with Crippen molar-refractivity contribution in [1.29, 1.82) is 0 Å². The second-order valence-electron chi connectivity index (χ2n) is 4.03. The van der Waals surface area contributed by atoms with Crippen molar-refractivity contribution in [3.05, 3.63) is 23.5 Å². The fourth-order valence-corrected chi connectivity index (χ4v) is 2.38. The highest BCUT2D eigenvalue weighted by atomic mass is 16.6. The predicted octanol–water partition coefficient (Wildman–Crippen LogP) is -1.08. The van der Waals surface area contributed by atoms with Crippen molar-refractivity contribution in [2.24, 2.45) is 11.8 Å². The summed E-state index contributed by atoms with van der Waals surface area (Å²) in [6, 6.07) is 0. The molecule has 0 amide bonds. The first kappa shape index (κ1) is 12.1. The van der Waals surface area contributed by atoms with Crippen LogP contribution in [0.2, 0.25) is 0 Å². The number of carbonyl (C=O) groups excluding carboxylic acids is 1. The second-order valence-corrected chi connectivity index (χ2v) is 4.03. The van der Waals surface area contributed by atoms with Gasteiger partial charge in [-0.1, -0.05) is 6.08 Å². The van der Waals surface area contributed by atoms with Crippen molar-refractivity contribution in [2.75, 3.05) is 13.7 Å². The Morgan fingerprint density at radius 3 is 2.76 bits per heavy atom. The van der Waals surface area contributed by atoms with Gasteiger partial charge in [-0.3, -0.25) is 0 Å². The molecular weight excluding hydrogens is 228 g/mol. The van der Waals surface area contributed by atoms with E-state index in [9.17, 15) is 15.0 Å². The number of hydrogen-bond donors (Lipinski definition) is 3. The number of hydrogen-bond acceptors (Lipinski definition) is 6. The van der Waals surface area contributed by atoms with Gasteiger partial charge in [0.05, 0.1) is 37.6 Å². The van der Waals surface area contributed by atoms with E-state index in [0.29, 0.717) is 5.57 Å². The van der Waals surface area contributed by atoms with Gasteiger partial charge < -0.3 is 24.8 Å². The molecule has 0 radical (unpaired) electrons. The maximum atomic E-state index is 11.5. The lowest BCUT2D eigenvalue weighted by molar-refractivity contribution is -0.143. The van der Waals surface area contributed by atoms with Crippen molar-refractivity contribution < 1.29 is 29.6 Å². The second kappa shape index (κ2) is 4.48. The van der Waals surface area contributed by atoms with E-state index < -0.39 is 30.2 Å². The van der Waals surface area contributed by atoms with E-state index in [4.69, 9.17) is 9.84 Å². The molecule has 1 aliphatic heterocycles. The van der Waals surface area contributed by atoms with Crippen LogP contribution in [0, 0.1) is 11.8 Å². The number of ether oxygens (including phenoxy) is 2. The maximum Gasteiger partial charge on any atom is 0.337 e. The molecule has 94 valence electrons. The summed E-state index contributed by atoms with van der Waals surface area (Å²) in [5.74, 6) is -1.86. The van der Waals surface area contributed by atoms with Crippen molar-refractivity contribution in [3.63, 3.8) is 0 Å². The van der Waals surface area contributed by atoms with Crippen LogP contribution in [0.3, 0.4) is 0 Å². The third kappa shape index (κ3) is 1.84. The monoisotopic (exact) mass is 242 g/mol. The number of fused-ring (bicyclic) bond motifs is 1. The third-order valence-corrected chi connectivity index (χ3v) is 3.17. The lowest BCUT2D eigenvalue weighted by Crippen LogP contribution is -2.39. The zero-order chi connectivity index (χ0) is 12.6. The normalized spacial score (nSPS) is 35.5. The summed E-state index contributed by atoms with van der Waals surface area (Å²) in [4.78, 5) is 11.5. The van der Waals surface area contributed by atoms with Gasteiger partial charge in [0.2, 0.25) is 6.29 Å². The molecule has 0 aromatic carbocycles. The highest BCUT2D eigenvalue weighted by molar-refractivity contribution is 5.89. The SMILES string of the molecule is COC(=O)C1=COC(O)C2C(CO)=CC(O)C12. The Kier molecular flexibility index (Phi) is 3.19. The number of rotatable bonds is 2. The smallest absolute Gasteiger partial charge is 0.337 e. The van der Waals surface area contributed by atoms with Gasteiger partial charge in [-0.25, -0.2) is 4.79 Å². The van der Waals surface area contributed by atoms with Gasteiger partial charge in [0.1, 0.15) is 0 Å². The number of carbonyl (C=O) groups is 1. The molecule has 2 aliphatic rings. The van der Waals surface area contributed by atoms with Crippen LogP contribution in [0.1, 0.15) is 0 Å². The molecule has 0 bridgehead atoms. The fourth-order valence-electron chi connectivity index (χ4n) is 2.38. The Morgan fingerprint density at radius 1 is 1.47 bits per heavy atom. The summed E-state index contributed by atoms with van der Waals surface area (Å²) in [6.07, 6.45) is 0.425. The van der Waals surface area contributed by atoms with E-state index in [1.807, 2.05) is 0 Å². The molecule has 6 heteroatoms. The fraction of sp³-hybridized carbons (Fsp3) is 0.545. The molecule has 3 N–H and O–H groups in total. The molecule has 4 atom stereocenters. The topological polar surface area (TPSA) is 96.2 Å². The average Bonchev–Trinajstić information content (AvgIpc) is 2.67. The van der Waals surface area contributed by atoms with Crippen LogP contribution in [-0.4, -0.2) is 47.4 Å². The van der Waals surface area contributed by atoms with Crippen LogP contribution in [0.25, 0.3) is 0 Å². The molecule has 0 aromatic rings. The van der Waals surface area contributed by atoms with Crippen LogP contribution < -0.4 is 0 Å². The first-order chi connectivity index (χ1) is 8.10. The summed E-state index contributed by atoms with van der Waals surface area (Å²) < 4.78 is 9.52. The highest BCUT2D eigenvalue weighted by Gasteiger charge is 2.47. The minimum absolute atomic E-state index is 0.162. The van der Waals surface area contributed by atoms with Gasteiger partial charge in [-0.15, -0.1) is 0 Å². The van der Waals surface area contributed by atoms with Crippen LogP contribution in [0.4, 0.5) is 0 Å². The predicted molar refractivity (Wildman–Crippen MR) is 55.3 cm³/mol. The zero-order valence-electron chi connectivity index (χ0n) is 9.24. The van der Waals surface area contributed by atoms with Crippen molar-refractivity contribution in [2.45, 2.75) is 12.4 Å². The Balaban J connectivity index is 2.34. The van der Waals surface area contributed by atoms with Crippen molar-refractivity contribution in [3.8, 4) is 0 Å². The van der Waals surface area contributed by atoms with E-state index in [1.54, 1.807) is 0 Å². The van der Waals surface area contributed by atoms with Gasteiger partial charge in [-0.2, -0.15) is 0 Å². The van der Waals surface area contributed by atoms with Gasteiger partial charge in [-0.05, 0) is 5.57 Å². The molecule has 0 fully saturated rings. The molecule has 0 spiro atoms. The molecule has 1 heterocycles. The summed E-state index contributed by atoms with van der Waals surface area (Å²) in [5, 5.41) is 28.7. The standard InChI is InChI=1S/C11H14O6/c1-16-10(14)6-4-17-11(15)8-5(3-12)2-7(13)9(6)8/h2,4,7-9,11-13,15H,3H2,1H3. The third-order valence-electron chi connectivity index (χ3n) is 3.17. The first-order valence-corrected chi connectivity index (χ1v) is 5.21. The van der Waals surface area contributed by atoms with E-state index in [0.717, 1.165) is 6.26 Å². The number of aliphatic hydroxyl groups is 3. The number of aliphatic hydroxyl groups excluding tert-OH is 3. The van der Waals surface area contributed by atoms with Gasteiger partial charge in [0, 0.05) is 5.92 Å². The van der Waals surface area contributed by atoms with Crippen molar-refractivity contribution >= 4 is 5.97 Å². The van der Waals surface area contributed by atoms with E-state index in [1.165, 1.54) is 13.2 Å². The number of methoxy groups -OCH3 is 1. The Bertz CT molecular complexity index is 385. The van der Waals surface area contributed by atoms with Gasteiger partial charge in [0.15, 0.2) is 0 Å². The highest BCUT2D eigenvalue weighted by Crippen LogP contribution is 2.42. The first-order valence-electron chi connectivity index (χ1n) is 5.21. The van der Waals surface area contributed by atoms with Crippen molar-refractivity contribution in [1.82, 2.24) is 0 Å². The molecule has 0 saturated carbocycles. The minimum Gasteiger partial charge on any atom is -0.472 e. The van der Waals surface area contributed by atoms with Gasteiger partial charge >= 0.3 is 5.97 Å². The quantitative estimate of drug-likeness (QED) is 0.421. The summed E-state index contributed by atoms with van der Waals surface area (Å²) >= 11 is 0. The average molecular weight is 242 g/mol. The van der Waals surface area contributed by atoms with Crippen LogP contribution in [0.15, 0.2) is 23.5 Å². The lowest BCUT2D eigenvalue weighted by Gasteiger charge is -2.32. The minimum atomic E-state index is -1.18. The molecule has 2 rings (SSSR count). The summed E-state index contributed by atoms with van der Waals surface area (Å²) in [5.41, 5.74) is 0.625. The largest absolute Gasteiger partial charge is 0.472 e. The molecule has 4 unspecified atom stereocenters. The van der Waals surface area contributed by atoms with Crippen LogP contribution >= 0.6 is 0 Å². The van der Waals surface area contributed by atoms with E-state index in [2.05, 4.69) is 4.74 Å². The zero-order valence-corrected chi connectivity index (χ0v) is 9.24. The summed E-state index contributed by atoms with van der Waals surface area (Å²) in [6.45, 7) is -0.299. The number of esters is 1. The lowest BCUT2D eigenvalue weighted by atomic mass is 9.82. The van der Waals surface area contributed by atoms with E-state index >= 15 is 0 Å².